The summed E-state index contributed by atoms with van der Waals surface area (Å²) in [5.41, 5.74) is 0.986. The molecule has 0 aromatic heterocycles. The number of rotatable bonds is 7. The molecule has 2 aliphatic heterocycles. The molecule has 0 spiro atoms. The standard InChI is InChI=1S/C31H29NO8/c1-32-25-23(39-29(34)20-14-8-4-9-15-20)18-22(38-28(33)19-12-6-3-7-13-19)24(31(36)37-2)26(32)27(25)40-30(35)21-16-10-5-11-17-21/h3-17,22-27H,18H2,1-2H3/t22-,23-,24-,25+,26-,27-/m0/s1. The number of hydrogen-bond donors (Lipinski definition) is 0. The number of likely N-dealkylation sites (N-methyl/N-ethyl adjacent to an activating group) is 1. The van der Waals surface area contributed by atoms with Crippen molar-refractivity contribution in [2.24, 2.45) is 5.92 Å². The molecule has 6 atom stereocenters. The summed E-state index contributed by atoms with van der Waals surface area (Å²) >= 11 is 0. The first-order chi connectivity index (χ1) is 19.4. The van der Waals surface area contributed by atoms with Gasteiger partial charge in [-0.2, -0.15) is 0 Å². The summed E-state index contributed by atoms with van der Waals surface area (Å²) in [4.78, 5) is 54.3. The minimum Gasteiger partial charge on any atom is -0.469 e. The molecule has 2 bridgehead atoms. The summed E-state index contributed by atoms with van der Waals surface area (Å²) in [5.74, 6) is -3.43. The number of nitrogens with zero attached hydrogens (tertiary/aromatic N) is 1. The number of methoxy groups -OCH3 is 1. The van der Waals surface area contributed by atoms with Gasteiger partial charge in [0.1, 0.15) is 24.2 Å². The molecule has 3 aromatic rings. The quantitative estimate of drug-likeness (QED) is 0.327. The number of carbonyl (C=O) groups is 4. The van der Waals surface area contributed by atoms with Gasteiger partial charge in [0.05, 0.1) is 35.9 Å². The van der Waals surface area contributed by atoms with Crippen molar-refractivity contribution in [2.75, 3.05) is 14.2 Å². The van der Waals surface area contributed by atoms with Crippen LogP contribution in [0.25, 0.3) is 0 Å². The van der Waals surface area contributed by atoms with Crippen molar-refractivity contribution < 1.29 is 38.1 Å². The van der Waals surface area contributed by atoms with Crippen LogP contribution in [0.15, 0.2) is 91.0 Å². The molecule has 0 N–H and O–H groups in total. The van der Waals surface area contributed by atoms with Gasteiger partial charge in [0, 0.05) is 6.42 Å². The number of ether oxygens (including phenoxy) is 4. The summed E-state index contributed by atoms with van der Waals surface area (Å²) in [6.45, 7) is 0. The fourth-order valence-corrected chi connectivity index (χ4v) is 5.56. The van der Waals surface area contributed by atoms with Crippen LogP contribution in [0.4, 0.5) is 0 Å². The van der Waals surface area contributed by atoms with E-state index in [-0.39, 0.29) is 6.42 Å². The van der Waals surface area contributed by atoms with Crippen molar-refractivity contribution in [1.82, 2.24) is 4.90 Å². The predicted molar refractivity (Wildman–Crippen MR) is 142 cm³/mol. The smallest absolute Gasteiger partial charge is 0.338 e. The number of hydrogen-bond acceptors (Lipinski definition) is 9. The summed E-state index contributed by atoms with van der Waals surface area (Å²) in [6.07, 6.45) is -2.73. The topological polar surface area (TPSA) is 108 Å². The second kappa shape index (κ2) is 11.7. The Labute approximate surface area is 231 Å². The van der Waals surface area contributed by atoms with Gasteiger partial charge in [-0.15, -0.1) is 0 Å². The van der Waals surface area contributed by atoms with E-state index in [1.54, 1.807) is 98.0 Å². The van der Waals surface area contributed by atoms with Crippen LogP contribution >= 0.6 is 0 Å². The van der Waals surface area contributed by atoms with Gasteiger partial charge >= 0.3 is 23.9 Å². The molecule has 1 aliphatic carbocycles. The second-order valence-corrected chi connectivity index (χ2v) is 9.79. The molecule has 2 saturated heterocycles. The van der Waals surface area contributed by atoms with E-state index < -0.39 is 60.2 Å². The lowest BCUT2D eigenvalue weighted by atomic mass is 9.81. The molecule has 9 heteroatoms. The largest absolute Gasteiger partial charge is 0.469 e. The lowest BCUT2D eigenvalue weighted by molar-refractivity contribution is -0.176. The zero-order valence-electron chi connectivity index (χ0n) is 22.0. The first-order valence-electron chi connectivity index (χ1n) is 13.0. The van der Waals surface area contributed by atoms with E-state index >= 15 is 0 Å². The maximum atomic E-state index is 13.2. The third-order valence-corrected chi connectivity index (χ3v) is 7.49. The summed E-state index contributed by atoms with van der Waals surface area (Å²) in [6, 6.07) is 24.1. The predicted octanol–water partition coefficient (Wildman–Crippen LogP) is 3.54. The van der Waals surface area contributed by atoms with Crippen molar-refractivity contribution in [3.05, 3.63) is 108 Å². The van der Waals surface area contributed by atoms with Gasteiger partial charge in [-0.25, -0.2) is 14.4 Å². The van der Waals surface area contributed by atoms with Crippen molar-refractivity contribution >= 4 is 23.9 Å². The Hall–Kier alpha value is -4.50. The average Bonchev–Trinajstić information content (AvgIpc) is 3.20. The highest BCUT2D eigenvalue weighted by Crippen LogP contribution is 2.44. The number of benzene rings is 3. The summed E-state index contributed by atoms with van der Waals surface area (Å²) in [7, 11) is 3.00. The number of carbonyl (C=O) groups excluding carboxylic acids is 4. The van der Waals surface area contributed by atoms with Crippen molar-refractivity contribution in [1.29, 1.82) is 0 Å². The van der Waals surface area contributed by atoms with E-state index in [0.717, 1.165) is 0 Å². The Morgan fingerprint density at radius 3 is 1.50 bits per heavy atom. The van der Waals surface area contributed by atoms with E-state index in [1.165, 1.54) is 7.11 Å². The highest BCUT2D eigenvalue weighted by atomic mass is 16.6. The molecule has 0 amide bonds. The van der Waals surface area contributed by atoms with E-state index in [9.17, 15) is 19.2 Å². The minimum atomic E-state index is -1.02. The number of fused-ring (bicyclic) bond motifs is 3. The molecule has 0 radical (unpaired) electrons. The van der Waals surface area contributed by atoms with Crippen LogP contribution in [0.1, 0.15) is 37.5 Å². The highest BCUT2D eigenvalue weighted by molar-refractivity contribution is 5.91. The van der Waals surface area contributed by atoms with Crippen LogP contribution in [0.2, 0.25) is 0 Å². The van der Waals surface area contributed by atoms with Crippen LogP contribution in [-0.2, 0) is 23.7 Å². The minimum absolute atomic E-state index is 0.00179. The lowest BCUT2D eigenvalue weighted by Crippen LogP contribution is -2.73. The van der Waals surface area contributed by atoms with Crippen LogP contribution in [0.3, 0.4) is 0 Å². The second-order valence-electron chi connectivity index (χ2n) is 9.79. The first-order valence-corrected chi connectivity index (χ1v) is 13.0. The Bertz CT molecular complexity index is 1360. The molecule has 0 unspecified atom stereocenters. The summed E-state index contributed by atoms with van der Waals surface area (Å²) in [5, 5.41) is 0. The normalized spacial score (nSPS) is 25.4. The van der Waals surface area contributed by atoms with E-state index in [0.29, 0.717) is 16.7 Å². The monoisotopic (exact) mass is 543 g/mol. The van der Waals surface area contributed by atoms with Crippen molar-refractivity contribution in [3.8, 4) is 0 Å². The Morgan fingerprint density at radius 1 is 0.625 bits per heavy atom. The molecule has 9 nitrogen and oxygen atoms in total. The SMILES string of the molecule is COC(=O)[C@@H]1[C@H]2[C@@H](OC(=O)c3ccccc3)[C@@H]([C@@H](OC(=O)c3ccccc3)C[C@@H]1OC(=O)c1ccccc1)N2C. The Balaban J connectivity index is 1.49. The fourth-order valence-electron chi connectivity index (χ4n) is 5.56. The van der Waals surface area contributed by atoms with E-state index in [4.69, 9.17) is 18.9 Å². The number of esters is 4. The molecule has 3 aliphatic rings. The molecule has 3 aromatic carbocycles. The van der Waals surface area contributed by atoms with Gasteiger partial charge in [-0.05, 0) is 43.4 Å². The van der Waals surface area contributed by atoms with Gasteiger partial charge in [0.25, 0.3) is 0 Å². The van der Waals surface area contributed by atoms with Gasteiger partial charge in [-0.1, -0.05) is 54.6 Å². The first kappa shape index (κ1) is 27.1. The van der Waals surface area contributed by atoms with Crippen molar-refractivity contribution in [3.63, 3.8) is 0 Å². The molecule has 206 valence electrons. The molecule has 40 heavy (non-hydrogen) atoms. The molecule has 3 fully saturated rings. The van der Waals surface area contributed by atoms with Gasteiger partial charge in [-0.3, -0.25) is 9.69 Å². The third-order valence-electron chi connectivity index (χ3n) is 7.49. The average molecular weight is 544 g/mol. The van der Waals surface area contributed by atoms with Crippen LogP contribution < -0.4 is 0 Å². The van der Waals surface area contributed by atoms with E-state index in [1.807, 2.05) is 4.90 Å². The fraction of sp³-hybridized carbons (Fsp3) is 0.290. The molecule has 1 saturated carbocycles. The van der Waals surface area contributed by atoms with Crippen LogP contribution in [0, 0.1) is 5.92 Å². The van der Waals surface area contributed by atoms with Gasteiger partial charge in [0.15, 0.2) is 0 Å². The third kappa shape index (κ3) is 5.33. The molecule has 6 rings (SSSR count). The zero-order valence-corrected chi connectivity index (χ0v) is 22.0. The van der Waals surface area contributed by atoms with E-state index in [2.05, 4.69) is 0 Å². The van der Waals surface area contributed by atoms with Gasteiger partial charge in [0.2, 0.25) is 0 Å². The molecular weight excluding hydrogens is 514 g/mol. The van der Waals surface area contributed by atoms with Crippen molar-refractivity contribution in [2.45, 2.75) is 36.8 Å². The lowest BCUT2D eigenvalue weighted by Gasteiger charge is -2.53. The highest BCUT2D eigenvalue weighted by Gasteiger charge is 2.64. The van der Waals surface area contributed by atoms with Crippen LogP contribution in [-0.4, -0.2) is 73.3 Å². The Kier molecular flexibility index (Phi) is 7.93. The Morgan fingerprint density at radius 2 is 1.05 bits per heavy atom. The zero-order chi connectivity index (χ0) is 28.2. The maximum absolute atomic E-state index is 13.2. The maximum Gasteiger partial charge on any atom is 0.338 e. The molecule has 2 heterocycles. The summed E-state index contributed by atoms with van der Waals surface area (Å²) < 4.78 is 22.9. The molecular formula is C31H29NO8. The van der Waals surface area contributed by atoms with Crippen LogP contribution in [0.5, 0.6) is 0 Å². The van der Waals surface area contributed by atoms with Gasteiger partial charge < -0.3 is 18.9 Å².